The van der Waals surface area contributed by atoms with Crippen LogP contribution in [-0.4, -0.2) is 26.8 Å². The van der Waals surface area contributed by atoms with Gasteiger partial charge in [0.2, 0.25) is 0 Å². The number of aromatic nitrogens is 3. The average molecular weight is 307 g/mol. The number of fused-ring (bicyclic) bond motifs is 1. The number of benzene rings is 1. The Hall–Kier alpha value is -2.08. The van der Waals surface area contributed by atoms with Crippen LogP contribution in [0.2, 0.25) is 5.02 Å². The molecule has 0 radical (unpaired) electrons. The topological polar surface area (TPSA) is 69.0 Å². The molecule has 0 saturated heterocycles. The molecule has 3 rings (SSSR count). The monoisotopic (exact) mass is 306 g/mol. The molecule has 0 fully saturated rings. The number of carbonyl (C=O) groups excluding carboxylic acids is 1. The second-order valence-corrected chi connectivity index (χ2v) is 5.25. The Morgan fingerprint density at radius 3 is 3.24 bits per heavy atom. The normalized spacial score (nSPS) is 16.4. The lowest BCUT2D eigenvalue weighted by molar-refractivity contribution is -0.127. The van der Waals surface area contributed by atoms with Gasteiger partial charge in [-0.3, -0.25) is 4.79 Å². The van der Waals surface area contributed by atoms with Crippen molar-refractivity contribution in [3.05, 3.63) is 40.9 Å². The van der Waals surface area contributed by atoms with E-state index in [-0.39, 0.29) is 5.91 Å². The Kier molecular flexibility index (Phi) is 3.79. The highest BCUT2D eigenvalue weighted by atomic mass is 35.5. The van der Waals surface area contributed by atoms with Crippen molar-refractivity contribution < 1.29 is 9.53 Å². The molecule has 1 aliphatic rings. The minimum Gasteiger partial charge on any atom is -0.480 e. The third-order valence-electron chi connectivity index (χ3n) is 3.45. The molecule has 1 aromatic carbocycles. The number of hydrogen-bond acceptors (Lipinski definition) is 4. The quantitative estimate of drug-likeness (QED) is 0.931. The first-order chi connectivity index (χ1) is 10.2. The molecule has 110 valence electrons. The molecule has 1 aliphatic heterocycles. The number of carbonyl (C=O) groups is 1. The summed E-state index contributed by atoms with van der Waals surface area (Å²) in [6, 6.07) is 5.38. The van der Waals surface area contributed by atoms with Crippen LogP contribution in [0.4, 0.5) is 0 Å². The fourth-order valence-corrected chi connectivity index (χ4v) is 2.52. The average Bonchev–Trinajstić information content (AvgIpc) is 3.10. The van der Waals surface area contributed by atoms with Crippen LogP contribution >= 0.6 is 11.6 Å². The number of hydrogen-bond donors (Lipinski definition) is 1. The summed E-state index contributed by atoms with van der Waals surface area (Å²) in [5.41, 5.74) is 0.958. The lowest BCUT2D eigenvalue weighted by Gasteiger charge is -2.11. The van der Waals surface area contributed by atoms with Crippen molar-refractivity contribution in [1.82, 2.24) is 20.1 Å². The van der Waals surface area contributed by atoms with Crippen LogP contribution in [0.15, 0.2) is 24.5 Å². The summed E-state index contributed by atoms with van der Waals surface area (Å²) in [6.07, 6.45) is 1.66. The Balaban J connectivity index is 1.60. The van der Waals surface area contributed by atoms with Crippen LogP contribution in [0, 0.1) is 0 Å². The largest absolute Gasteiger partial charge is 0.480 e. The lowest BCUT2D eigenvalue weighted by Crippen LogP contribution is -2.37. The van der Waals surface area contributed by atoms with Crippen molar-refractivity contribution in [2.75, 3.05) is 0 Å². The minimum absolute atomic E-state index is 0.159. The zero-order chi connectivity index (χ0) is 14.8. The van der Waals surface area contributed by atoms with Gasteiger partial charge in [-0.25, -0.2) is 0 Å². The molecule has 1 amide bonds. The highest BCUT2D eigenvalue weighted by Crippen LogP contribution is 2.31. The van der Waals surface area contributed by atoms with Gasteiger partial charge in [0.25, 0.3) is 5.91 Å². The molecule has 7 heteroatoms. The van der Waals surface area contributed by atoms with E-state index in [1.807, 2.05) is 17.6 Å². The first kappa shape index (κ1) is 13.9. The van der Waals surface area contributed by atoms with Crippen LogP contribution in [0.3, 0.4) is 0 Å². The van der Waals surface area contributed by atoms with Gasteiger partial charge in [0.15, 0.2) is 11.9 Å². The fraction of sp³-hybridized carbons (Fsp3) is 0.357. The van der Waals surface area contributed by atoms with E-state index in [0.29, 0.717) is 18.0 Å². The third-order valence-corrected chi connectivity index (χ3v) is 3.68. The van der Waals surface area contributed by atoms with Gasteiger partial charge in [-0.15, -0.1) is 10.2 Å². The standard InChI is InChI=1S/C14H15ClN4O2/c1-2-19-8-17-18-13(19)7-16-14(20)12-6-9-5-10(15)3-4-11(9)21-12/h3-5,8,12H,2,6-7H2,1H3,(H,16,20)/t12-/m1/s1. The van der Waals surface area contributed by atoms with Crippen molar-refractivity contribution in [3.63, 3.8) is 0 Å². The number of nitrogens with one attached hydrogen (secondary N) is 1. The Bertz CT molecular complexity index is 671. The number of nitrogens with zero attached hydrogens (tertiary/aromatic N) is 3. The molecule has 0 bridgehead atoms. The first-order valence-corrected chi connectivity index (χ1v) is 7.14. The van der Waals surface area contributed by atoms with Gasteiger partial charge in [0.05, 0.1) is 6.54 Å². The summed E-state index contributed by atoms with van der Waals surface area (Å²) in [7, 11) is 0. The third kappa shape index (κ3) is 2.85. The predicted molar refractivity (Wildman–Crippen MR) is 77.1 cm³/mol. The van der Waals surface area contributed by atoms with E-state index in [0.717, 1.165) is 23.7 Å². The molecule has 2 heterocycles. The van der Waals surface area contributed by atoms with E-state index >= 15 is 0 Å². The summed E-state index contributed by atoms with van der Waals surface area (Å²) in [5.74, 6) is 1.29. The highest BCUT2D eigenvalue weighted by molar-refractivity contribution is 6.30. The van der Waals surface area contributed by atoms with Gasteiger partial charge >= 0.3 is 0 Å². The molecule has 0 unspecified atom stereocenters. The molecule has 0 spiro atoms. The van der Waals surface area contributed by atoms with E-state index in [2.05, 4.69) is 15.5 Å². The number of aryl methyl sites for hydroxylation is 1. The van der Waals surface area contributed by atoms with E-state index < -0.39 is 6.10 Å². The van der Waals surface area contributed by atoms with Crippen LogP contribution < -0.4 is 10.1 Å². The zero-order valence-electron chi connectivity index (χ0n) is 11.5. The SMILES string of the molecule is CCn1cnnc1CNC(=O)[C@H]1Cc2cc(Cl)ccc2O1. The Morgan fingerprint density at radius 1 is 1.57 bits per heavy atom. The van der Waals surface area contributed by atoms with Crippen molar-refractivity contribution in [3.8, 4) is 5.75 Å². The number of halogens is 1. The summed E-state index contributed by atoms with van der Waals surface area (Å²) in [5, 5.41) is 11.3. The minimum atomic E-state index is -0.517. The van der Waals surface area contributed by atoms with Gasteiger partial charge in [-0.05, 0) is 30.7 Å². The van der Waals surface area contributed by atoms with Gasteiger partial charge < -0.3 is 14.6 Å². The maximum Gasteiger partial charge on any atom is 0.261 e. The summed E-state index contributed by atoms with van der Waals surface area (Å²) in [6.45, 7) is 3.10. The first-order valence-electron chi connectivity index (χ1n) is 6.77. The van der Waals surface area contributed by atoms with Crippen LogP contribution in [-0.2, 0) is 24.3 Å². The Morgan fingerprint density at radius 2 is 2.43 bits per heavy atom. The zero-order valence-corrected chi connectivity index (χ0v) is 12.3. The fourth-order valence-electron chi connectivity index (χ4n) is 2.32. The summed E-state index contributed by atoms with van der Waals surface area (Å²) >= 11 is 5.94. The molecule has 6 nitrogen and oxygen atoms in total. The highest BCUT2D eigenvalue weighted by Gasteiger charge is 2.29. The molecule has 21 heavy (non-hydrogen) atoms. The molecular formula is C14H15ClN4O2. The second kappa shape index (κ2) is 5.73. The summed E-state index contributed by atoms with van der Waals surface area (Å²) < 4.78 is 7.52. The number of ether oxygens (including phenoxy) is 1. The van der Waals surface area contributed by atoms with Crippen molar-refractivity contribution in [1.29, 1.82) is 0 Å². The number of amides is 1. The molecule has 0 saturated carbocycles. The van der Waals surface area contributed by atoms with Gasteiger partial charge in [0, 0.05) is 18.0 Å². The Labute approximate surface area is 127 Å². The predicted octanol–water partition coefficient (Wildman–Crippen LogP) is 1.57. The van der Waals surface area contributed by atoms with E-state index in [1.54, 1.807) is 18.5 Å². The number of rotatable bonds is 4. The molecule has 1 atom stereocenters. The molecule has 1 N–H and O–H groups in total. The molecule has 1 aromatic heterocycles. The van der Waals surface area contributed by atoms with E-state index in [9.17, 15) is 4.79 Å². The maximum atomic E-state index is 12.2. The molecule has 2 aromatic rings. The molecule has 0 aliphatic carbocycles. The van der Waals surface area contributed by atoms with Crippen LogP contribution in [0.25, 0.3) is 0 Å². The van der Waals surface area contributed by atoms with Crippen LogP contribution in [0.1, 0.15) is 18.3 Å². The van der Waals surface area contributed by atoms with Crippen molar-refractivity contribution in [2.24, 2.45) is 0 Å². The van der Waals surface area contributed by atoms with Crippen molar-refractivity contribution >= 4 is 17.5 Å². The summed E-state index contributed by atoms with van der Waals surface area (Å²) in [4.78, 5) is 12.2. The van der Waals surface area contributed by atoms with E-state index in [1.165, 1.54) is 0 Å². The smallest absolute Gasteiger partial charge is 0.261 e. The maximum absolute atomic E-state index is 12.2. The molecular weight excluding hydrogens is 292 g/mol. The van der Waals surface area contributed by atoms with Gasteiger partial charge in [-0.1, -0.05) is 11.6 Å². The van der Waals surface area contributed by atoms with Gasteiger partial charge in [-0.2, -0.15) is 0 Å². The second-order valence-electron chi connectivity index (χ2n) is 4.81. The van der Waals surface area contributed by atoms with Crippen molar-refractivity contribution in [2.45, 2.75) is 32.5 Å². The van der Waals surface area contributed by atoms with E-state index in [4.69, 9.17) is 16.3 Å². The lowest BCUT2D eigenvalue weighted by atomic mass is 10.1. The van der Waals surface area contributed by atoms with Gasteiger partial charge in [0.1, 0.15) is 12.1 Å². The van der Waals surface area contributed by atoms with Crippen LogP contribution in [0.5, 0.6) is 5.75 Å².